The quantitative estimate of drug-likeness (QED) is 0.472. The van der Waals surface area contributed by atoms with E-state index in [4.69, 9.17) is 10.6 Å². The molecule has 0 unspecified atom stereocenters. The number of nitrogens with zero attached hydrogens (tertiary/aromatic N) is 1. The number of amides is 2. The molecule has 1 rings (SSSR count). The van der Waals surface area contributed by atoms with Crippen LogP contribution in [0.2, 0.25) is 0 Å². The zero-order valence-electron chi connectivity index (χ0n) is 10.5. The van der Waals surface area contributed by atoms with Crippen molar-refractivity contribution in [1.29, 1.82) is 0 Å². The standard InChI is InChI=1S/C12H19N3O2/c1-4-17-11-6-5-10(7-9(11)2)8-15(3)12(16)14-13/h5-7H,4,8,13H2,1-3H3,(H,14,16). The van der Waals surface area contributed by atoms with E-state index in [1.165, 1.54) is 4.90 Å². The zero-order chi connectivity index (χ0) is 12.8. The summed E-state index contributed by atoms with van der Waals surface area (Å²) >= 11 is 0. The van der Waals surface area contributed by atoms with E-state index in [-0.39, 0.29) is 6.03 Å². The summed E-state index contributed by atoms with van der Waals surface area (Å²) < 4.78 is 5.45. The molecule has 0 saturated carbocycles. The second-order valence-corrected chi connectivity index (χ2v) is 3.84. The number of hydrogen-bond donors (Lipinski definition) is 2. The molecule has 0 spiro atoms. The second kappa shape index (κ2) is 6.10. The lowest BCUT2D eigenvalue weighted by Gasteiger charge is -2.17. The van der Waals surface area contributed by atoms with Gasteiger partial charge in [0.05, 0.1) is 6.61 Å². The Balaban J connectivity index is 2.73. The lowest BCUT2D eigenvalue weighted by molar-refractivity contribution is 0.207. The number of hydrogen-bond acceptors (Lipinski definition) is 3. The first-order valence-corrected chi connectivity index (χ1v) is 5.52. The molecule has 3 N–H and O–H groups in total. The minimum Gasteiger partial charge on any atom is -0.494 e. The van der Waals surface area contributed by atoms with Gasteiger partial charge in [0.25, 0.3) is 0 Å². The van der Waals surface area contributed by atoms with Crippen molar-refractivity contribution in [3.05, 3.63) is 29.3 Å². The lowest BCUT2D eigenvalue weighted by atomic mass is 10.1. The number of rotatable bonds is 4. The molecule has 2 amide bonds. The first-order chi connectivity index (χ1) is 8.08. The Morgan fingerprint density at radius 1 is 1.53 bits per heavy atom. The fraction of sp³-hybridized carbons (Fsp3) is 0.417. The number of ether oxygens (including phenoxy) is 1. The Labute approximate surface area is 102 Å². The molecule has 17 heavy (non-hydrogen) atoms. The third kappa shape index (κ3) is 3.64. The number of aryl methyl sites for hydroxylation is 1. The number of urea groups is 1. The average molecular weight is 237 g/mol. The third-order valence-corrected chi connectivity index (χ3v) is 2.43. The van der Waals surface area contributed by atoms with E-state index >= 15 is 0 Å². The van der Waals surface area contributed by atoms with Gasteiger partial charge < -0.3 is 9.64 Å². The van der Waals surface area contributed by atoms with Crippen molar-refractivity contribution < 1.29 is 9.53 Å². The highest BCUT2D eigenvalue weighted by atomic mass is 16.5. The van der Waals surface area contributed by atoms with E-state index in [9.17, 15) is 4.79 Å². The van der Waals surface area contributed by atoms with Crippen LogP contribution in [0.1, 0.15) is 18.1 Å². The Bertz CT molecular complexity index is 393. The normalized spacial score (nSPS) is 9.88. The monoisotopic (exact) mass is 237 g/mol. The average Bonchev–Trinajstić information content (AvgIpc) is 2.31. The summed E-state index contributed by atoms with van der Waals surface area (Å²) in [5.74, 6) is 5.94. The van der Waals surface area contributed by atoms with E-state index < -0.39 is 0 Å². The summed E-state index contributed by atoms with van der Waals surface area (Å²) in [6, 6.07) is 5.56. The Morgan fingerprint density at radius 3 is 2.76 bits per heavy atom. The highest BCUT2D eigenvalue weighted by Crippen LogP contribution is 2.19. The van der Waals surface area contributed by atoms with E-state index in [0.717, 1.165) is 16.9 Å². The molecule has 5 heteroatoms. The molecule has 94 valence electrons. The van der Waals surface area contributed by atoms with Gasteiger partial charge in [0.15, 0.2) is 0 Å². The van der Waals surface area contributed by atoms with Crippen LogP contribution in [-0.4, -0.2) is 24.6 Å². The minimum absolute atomic E-state index is 0.309. The van der Waals surface area contributed by atoms with E-state index in [2.05, 4.69) is 5.43 Å². The minimum atomic E-state index is -0.309. The Morgan fingerprint density at radius 2 is 2.24 bits per heavy atom. The predicted molar refractivity (Wildman–Crippen MR) is 66.5 cm³/mol. The molecule has 1 aromatic carbocycles. The van der Waals surface area contributed by atoms with Crippen LogP contribution < -0.4 is 16.0 Å². The zero-order valence-corrected chi connectivity index (χ0v) is 10.5. The van der Waals surface area contributed by atoms with E-state index in [1.807, 2.05) is 32.0 Å². The molecule has 5 nitrogen and oxygen atoms in total. The van der Waals surface area contributed by atoms with Crippen molar-refractivity contribution in [3.63, 3.8) is 0 Å². The summed E-state index contributed by atoms with van der Waals surface area (Å²) in [5, 5.41) is 0. The van der Waals surface area contributed by atoms with Crippen LogP contribution in [0.3, 0.4) is 0 Å². The fourth-order valence-corrected chi connectivity index (χ4v) is 1.58. The van der Waals surface area contributed by atoms with Crippen LogP contribution in [-0.2, 0) is 6.54 Å². The van der Waals surface area contributed by atoms with Crippen molar-refractivity contribution in [2.24, 2.45) is 5.84 Å². The molecule has 0 radical (unpaired) electrons. The van der Waals surface area contributed by atoms with Gasteiger partial charge in [-0.3, -0.25) is 5.43 Å². The smallest absolute Gasteiger partial charge is 0.331 e. The lowest BCUT2D eigenvalue weighted by Crippen LogP contribution is -2.40. The number of nitrogens with one attached hydrogen (secondary N) is 1. The van der Waals surface area contributed by atoms with Crippen LogP contribution in [0.15, 0.2) is 18.2 Å². The van der Waals surface area contributed by atoms with Crippen LogP contribution in [0.25, 0.3) is 0 Å². The number of nitrogens with two attached hydrogens (primary N) is 1. The first-order valence-electron chi connectivity index (χ1n) is 5.52. The molecule has 0 atom stereocenters. The molecule has 0 aliphatic heterocycles. The maximum Gasteiger partial charge on any atom is 0.331 e. The molecular weight excluding hydrogens is 218 g/mol. The van der Waals surface area contributed by atoms with Gasteiger partial charge in [-0.15, -0.1) is 0 Å². The number of carbonyl (C=O) groups is 1. The van der Waals surface area contributed by atoms with Crippen molar-refractivity contribution in [2.75, 3.05) is 13.7 Å². The highest BCUT2D eigenvalue weighted by Gasteiger charge is 2.08. The summed E-state index contributed by atoms with van der Waals surface area (Å²) in [6.45, 7) is 5.09. The summed E-state index contributed by atoms with van der Waals surface area (Å²) in [7, 11) is 1.69. The molecule has 0 aliphatic rings. The highest BCUT2D eigenvalue weighted by molar-refractivity contribution is 5.73. The van der Waals surface area contributed by atoms with Gasteiger partial charge in [-0.1, -0.05) is 12.1 Å². The molecule has 0 heterocycles. The van der Waals surface area contributed by atoms with Crippen LogP contribution >= 0.6 is 0 Å². The van der Waals surface area contributed by atoms with Crippen molar-refractivity contribution in [1.82, 2.24) is 10.3 Å². The number of carbonyl (C=O) groups excluding carboxylic acids is 1. The first kappa shape index (κ1) is 13.3. The summed E-state index contributed by atoms with van der Waals surface area (Å²) in [4.78, 5) is 12.7. The van der Waals surface area contributed by atoms with Gasteiger partial charge in [-0.25, -0.2) is 10.6 Å². The summed E-state index contributed by atoms with van der Waals surface area (Å²) in [6.07, 6.45) is 0. The van der Waals surface area contributed by atoms with Crippen molar-refractivity contribution >= 4 is 6.03 Å². The Hall–Kier alpha value is -1.75. The largest absolute Gasteiger partial charge is 0.494 e. The van der Waals surface area contributed by atoms with Gasteiger partial charge in [-0.05, 0) is 31.0 Å². The molecular formula is C12H19N3O2. The molecule has 0 fully saturated rings. The number of benzene rings is 1. The van der Waals surface area contributed by atoms with Gasteiger partial charge in [0, 0.05) is 13.6 Å². The molecule has 1 aromatic rings. The number of hydrazine groups is 1. The molecule has 0 aromatic heterocycles. The maximum atomic E-state index is 11.2. The van der Waals surface area contributed by atoms with Crippen molar-refractivity contribution in [3.8, 4) is 5.75 Å². The van der Waals surface area contributed by atoms with E-state index in [1.54, 1.807) is 7.05 Å². The van der Waals surface area contributed by atoms with Gasteiger partial charge in [0.2, 0.25) is 0 Å². The molecule has 0 saturated heterocycles. The van der Waals surface area contributed by atoms with Gasteiger partial charge >= 0.3 is 6.03 Å². The summed E-state index contributed by atoms with van der Waals surface area (Å²) in [5.41, 5.74) is 4.19. The SMILES string of the molecule is CCOc1ccc(CN(C)C(=O)NN)cc1C. The fourth-order valence-electron chi connectivity index (χ4n) is 1.58. The van der Waals surface area contributed by atoms with Crippen LogP contribution in [0.4, 0.5) is 4.79 Å². The van der Waals surface area contributed by atoms with Gasteiger partial charge in [-0.2, -0.15) is 0 Å². The second-order valence-electron chi connectivity index (χ2n) is 3.84. The van der Waals surface area contributed by atoms with Crippen molar-refractivity contribution in [2.45, 2.75) is 20.4 Å². The molecule has 0 bridgehead atoms. The van der Waals surface area contributed by atoms with Gasteiger partial charge in [0.1, 0.15) is 5.75 Å². The third-order valence-electron chi connectivity index (χ3n) is 2.43. The van der Waals surface area contributed by atoms with Crippen LogP contribution in [0.5, 0.6) is 5.75 Å². The van der Waals surface area contributed by atoms with E-state index in [0.29, 0.717) is 13.2 Å². The predicted octanol–water partition coefficient (Wildman–Crippen LogP) is 1.41. The molecule has 0 aliphatic carbocycles. The maximum absolute atomic E-state index is 11.2. The van der Waals surface area contributed by atoms with Crippen LogP contribution in [0, 0.1) is 6.92 Å². The Kier molecular flexibility index (Phi) is 4.78. The topological polar surface area (TPSA) is 67.6 Å².